The van der Waals surface area contributed by atoms with Gasteiger partial charge in [-0.15, -0.1) is 0 Å². The maximum Gasteiger partial charge on any atom is 0.305 e. The highest BCUT2D eigenvalue weighted by Gasteiger charge is 2.15. The third-order valence-corrected chi connectivity index (χ3v) is 3.25. The third kappa shape index (κ3) is 4.41. The van der Waals surface area contributed by atoms with Crippen molar-refractivity contribution in [3.8, 4) is 0 Å². The lowest BCUT2D eigenvalue weighted by Gasteiger charge is -2.22. The summed E-state index contributed by atoms with van der Waals surface area (Å²) in [6.45, 7) is 2.27. The van der Waals surface area contributed by atoms with E-state index in [2.05, 4.69) is 4.98 Å². The second-order valence-corrected chi connectivity index (χ2v) is 5.05. The van der Waals surface area contributed by atoms with E-state index >= 15 is 0 Å². The summed E-state index contributed by atoms with van der Waals surface area (Å²) in [5, 5.41) is 8.87. The molecule has 5 heteroatoms. The highest BCUT2D eigenvalue weighted by atomic mass is 16.4. The molecule has 1 aromatic carbocycles. The highest BCUT2D eigenvalue weighted by Crippen LogP contribution is 2.13. The number of carboxylic acid groups (broad SMARTS) is 1. The van der Waals surface area contributed by atoms with Crippen LogP contribution in [-0.4, -0.2) is 34.9 Å². The van der Waals surface area contributed by atoms with Crippen LogP contribution in [0.4, 0.5) is 5.82 Å². The maximum atomic E-state index is 12.3. The van der Waals surface area contributed by atoms with Gasteiger partial charge >= 0.3 is 5.97 Å². The molecule has 0 bridgehead atoms. The molecule has 0 atom stereocenters. The van der Waals surface area contributed by atoms with Crippen molar-refractivity contribution in [2.45, 2.75) is 13.3 Å². The van der Waals surface area contributed by atoms with Gasteiger partial charge in [-0.05, 0) is 18.6 Å². The minimum atomic E-state index is -0.899. The first kappa shape index (κ1) is 15.7. The molecule has 0 radical (unpaired) electrons. The topological polar surface area (TPSA) is 70.5 Å². The standard InChI is InChI=1S/C17H18N2O3/c1-13-7-8-16(18-11-13)19(10-9-17(21)22)12-15(20)14-5-3-2-4-6-14/h2-8,11H,9-10,12H2,1H3,(H,21,22). The zero-order chi connectivity index (χ0) is 15.9. The van der Waals surface area contributed by atoms with Gasteiger partial charge in [-0.25, -0.2) is 4.98 Å². The molecule has 0 aliphatic rings. The van der Waals surface area contributed by atoms with Crippen molar-refractivity contribution in [2.75, 3.05) is 18.0 Å². The van der Waals surface area contributed by atoms with E-state index in [-0.39, 0.29) is 25.3 Å². The number of rotatable bonds is 7. The molecule has 0 fully saturated rings. The number of aliphatic carboxylic acids is 1. The molecule has 114 valence electrons. The van der Waals surface area contributed by atoms with Crippen LogP contribution in [0.5, 0.6) is 0 Å². The summed E-state index contributed by atoms with van der Waals surface area (Å²) in [7, 11) is 0. The monoisotopic (exact) mass is 298 g/mol. The predicted octanol–water partition coefficient (Wildman–Crippen LogP) is 2.55. The molecule has 0 saturated heterocycles. The first-order valence-corrected chi connectivity index (χ1v) is 7.04. The number of carbonyl (C=O) groups excluding carboxylic acids is 1. The van der Waals surface area contributed by atoms with E-state index in [1.165, 1.54) is 0 Å². The smallest absolute Gasteiger partial charge is 0.305 e. The number of hydrogen-bond donors (Lipinski definition) is 1. The summed E-state index contributed by atoms with van der Waals surface area (Å²) >= 11 is 0. The van der Waals surface area contributed by atoms with Crippen LogP contribution in [0.3, 0.4) is 0 Å². The molecule has 0 aliphatic heterocycles. The molecule has 0 aliphatic carbocycles. The molecule has 0 saturated carbocycles. The van der Waals surface area contributed by atoms with Crippen LogP contribution >= 0.6 is 0 Å². The van der Waals surface area contributed by atoms with Gasteiger partial charge in [0.1, 0.15) is 5.82 Å². The number of carbonyl (C=O) groups is 2. The second-order valence-electron chi connectivity index (χ2n) is 5.05. The fraction of sp³-hybridized carbons (Fsp3) is 0.235. The summed E-state index contributed by atoms with van der Waals surface area (Å²) in [6, 6.07) is 12.7. The van der Waals surface area contributed by atoms with Crippen molar-refractivity contribution in [1.82, 2.24) is 4.98 Å². The maximum absolute atomic E-state index is 12.3. The van der Waals surface area contributed by atoms with Gasteiger partial charge in [0.25, 0.3) is 0 Å². The lowest BCUT2D eigenvalue weighted by Crippen LogP contribution is -2.32. The van der Waals surface area contributed by atoms with Crippen LogP contribution in [0.1, 0.15) is 22.3 Å². The van der Waals surface area contributed by atoms with Gasteiger partial charge in [0.2, 0.25) is 0 Å². The predicted molar refractivity (Wildman–Crippen MR) is 84.2 cm³/mol. The summed E-state index contributed by atoms with van der Waals surface area (Å²) < 4.78 is 0. The zero-order valence-electron chi connectivity index (χ0n) is 12.4. The minimum absolute atomic E-state index is 0.0440. The Hall–Kier alpha value is -2.69. The van der Waals surface area contributed by atoms with E-state index in [1.54, 1.807) is 41.4 Å². The normalized spacial score (nSPS) is 10.2. The average Bonchev–Trinajstić information content (AvgIpc) is 2.53. The van der Waals surface area contributed by atoms with Gasteiger partial charge in [0, 0.05) is 18.3 Å². The number of nitrogens with zero attached hydrogens (tertiary/aromatic N) is 2. The highest BCUT2D eigenvalue weighted by molar-refractivity contribution is 5.99. The summed E-state index contributed by atoms with van der Waals surface area (Å²) in [4.78, 5) is 29.1. The van der Waals surface area contributed by atoms with E-state index in [0.29, 0.717) is 11.4 Å². The van der Waals surface area contributed by atoms with E-state index in [1.807, 2.05) is 19.1 Å². The van der Waals surface area contributed by atoms with Crippen molar-refractivity contribution in [1.29, 1.82) is 0 Å². The number of pyridine rings is 1. The fourth-order valence-electron chi connectivity index (χ4n) is 2.04. The number of Topliss-reactive ketones (excluding diaryl/α,β-unsaturated/α-hetero) is 1. The number of hydrogen-bond acceptors (Lipinski definition) is 4. The van der Waals surface area contributed by atoms with Crippen molar-refractivity contribution < 1.29 is 14.7 Å². The van der Waals surface area contributed by atoms with Crippen LogP contribution in [0.25, 0.3) is 0 Å². The van der Waals surface area contributed by atoms with Crippen molar-refractivity contribution in [2.24, 2.45) is 0 Å². The van der Waals surface area contributed by atoms with E-state index in [0.717, 1.165) is 5.56 Å². The number of anilines is 1. The van der Waals surface area contributed by atoms with E-state index < -0.39 is 5.97 Å². The SMILES string of the molecule is Cc1ccc(N(CCC(=O)O)CC(=O)c2ccccc2)nc1. The van der Waals surface area contributed by atoms with Gasteiger partial charge in [0.15, 0.2) is 5.78 Å². The van der Waals surface area contributed by atoms with Crippen LogP contribution < -0.4 is 4.90 Å². The van der Waals surface area contributed by atoms with E-state index in [9.17, 15) is 9.59 Å². The van der Waals surface area contributed by atoms with Crippen LogP contribution in [-0.2, 0) is 4.79 Å². The fourth-order valence-corrected chi connectivity index (χ4v) is 2.04. The quantitative estimate of drug-likeness (QED) is 0.795. The molecule has 2 aromatic rings. The molecule has 2 rings (SSSR count). The minimum Gasteiger partial charge on any atom is -0.481 e. The first-order chi connectivity index (χ1) is 10.6. The van der Waals surface area contributed by atoms with Gasteiger partial charge < -0.3 is 10.0 Å². The molecule has 0 spiro atoms. The Morgan fingerprint density at radius 2 is 1.86 bits per heavy atom. The molecule has 1 N–H and O–H groups in total. The van der Waals surface area contributed by atoms with Crippen LogP contribution in [0.15, 0.2) is 48.7 Å². The molecule has 5 nitrogen and oxygen atoms in total. The van der Waals surface area contributed by atoms with Crippen molar-refractivity contribution in [3.05, 3.63) is 59.8 Å². The molecule has 22 heavy (non-hydrogen) atoms. The Labute approximate surface area is 129 Å². The number of aromatic nitrogens is 1. The summed E-state index contributed by atoms with van der Waals surface area (Å²) in [5.74, 6) is -0.353. The summed E-state index contributed by atoms with van der Waals surface area (Å²) in [6.07, 6.45) is 1.66. The van der Waals surface area contributed by atoms with Gasteiger partial charge in [-0.3, -0.25) is 9.59 Å². The van der Waals surface area contributed by atoms with Crippen molar-refractivity contribution in [3.63, 3.8) is 0 Å². The van der Waals surface area contributed by atoms with Gasteiger partial charge in [-0.1, -0.05) is 36.4 Å². The lowest BCUT2D eigenvalue weighted by molar-refractivity contribution is -0.136. The van der Waals surface area contributed by atoms with Gasteiger partial charge in [0.05, 0.1) is 13.0 Å². The Balaban J connectivity index is 2.15. The number of benzene rings is 1. The molecule has 1 heterocycles. The van der Waals surface area contributed by atoms with Crippen molar-refractivity contribution >= 4 is 17.6 Å². The Morgan fingerprint density at radius 3 is 2.45 bits per heavy atom. The van der Waals surface area contributed by atoms with Crippen LogP contribution in [0.2, 0.25) is 0 Å². The lowest BCUT2D eigenvalue weighted by atomic mass is 10.1. The largest absolute Gasteiger partial charge is 0.481 e. The number of aryl methyl sites for hydroxylation is 1. The third-order valence-electron chi connectivity index (χ3n) is 3.25. The first-order valence-electron chi connectivity index (χ1n) is 7.04. The van der Waals surface area contributed by atoms with Gasteiger partial charge in [-0.2, -0.15) is 0 Å². The number of carboxylic acids is 1. The molecule has 1 aromatic heterocycles. The molecular formula is C17H18N2O3. The van der Waals surface area contributed by atoms with E-state index in [4.69, 9.17) is 5.11 Å². The summed E-state index contributed by atoms with van der Waals surface area (Å²) in [5.41, 5.74) is 1.62. The Kier molecular flexibility index (Phi) is 5.25. The molecular weight excluding hydrogens is 280 g/mol. The second kappa shape index (κ2) is 7.36. The zero-order valence-corrected chi connectivity index (χ0v) is 12.4. The van der Waals surface area contributed by atoms with Crippen LogP contribution in [0, 0.1) is 6.92 Å². The molecule has 0 amide bonds. The Morgan fingerprint density at radius 1 is 1.14 bits per heavy atom. The average molecular weight is 298 g/mol. The Bertz CT molecular complexity index is 639. The molecule has 0 unspecified atom stereocenters. The number of ketones is 1.